The highest BCUT2D eigenvalue weighted by Crippen LogP contribution is 2.17. The van der Waals surface area contributed by atoms with E-state index in [1.54, 1.807) is 25.4 Å². The Balaban J connectivity index is 1.47. The smallest absolute Gasteiger partial charge is 0.251 e. The van der Waals surface area contributed by atoms with Crippen molar-refractivity contribution in [1.29, 1.82) is 0 Å². The second-order valence-electron chi connectivity index (χ2n) is 6.14. The summed E-state index contributed by atoms with van der Waals surface area (Å²) in [5, 5.41) is 3.01. The first-order valence-corrected chi connectivity index (χ1v) is 8.12. The lowest BCUT2D eigenvalue weighted by Crippen LogP contribution is -2.31. The largest absolute Gasteiger partial charge is 0.481 e. The summed E-state index contributed by atoms with van der Waals surface area (Å²) in [4.78, 5) is 23.0. The van der Waals surface area contributed by atoms with Gasteiger partial charge in [-0.2, -0.15) is 0 Å². The van der Waals surface area contributed by atoms with Crippen molar-refractivity contribution in [2.45, 2.75) is 13.0 Å². The van der Waals surface area contributed by atoms with Gasteiger partial charge in [-0.3, -0.25) is 9.69 Å². The zero-order valence-electron chi connectivity index (χ0n) is 14.1. The number of likely N-dealkylation sites (tertiary alicyclic amines) is 1. The molecule has 3 rings (SSSR count). The number of aryl methyl sites for hydroxylation is 1. The van der Waals surface area contributed by atoms with Crippen LogP contribution in [0.15, 0.2) is 30.7 Å². The molecule has 2 aromatic heterocycles. The van der Waals surface area contributed by atoms with Crippen LogP contribution < -0.4 is 10.1 Å². The molecule has 128 valence electrons. The Labute approximate surface area is 141 Å². The van der Waals surface area contributed by atoms with E-state index in [1.807, 2.05) is 24.0 Å². The van der Waals surface area contributed by atoms with Crippen molar-refractivity contribution < 1.29 is 9.53 Å². The van der Waals surface area contributed by atoms with E-state index >= 15 is 0 Å². The average molecular weight is 329 g/mol. The minimum atomic E-state index is -0.0850. The number of methoxy groups -OCH3 is 1. The number of nitrogens with zero attached hydrogens (tertiary/aromatic N) is 4. The van der Waals surface area contributed by atoms with Crippen molar-refractivity contribution in [1.82, 2.24) is 24.8 Å². The van der Waals surface area contributed by atoms with E-state index in [9.17, 15) is 4.79 Å². The summed E-state index contributed by atoms with van der Waals surface area (Å²) in [7, 11) is 3.55. The van der Waals surface area contributed by atoms with E-state index in [-0.39, 0.29) is 5.91 Å². The summed E-state index contributed by atoms with van der Waals surface area (Å²) >= 11 is 0. The van der Waals surface area contributed by atoms with Crippen LogP contribution in [-0.4, -0.2) is 52.1 Å². The minimum absolute atomic E-state index is 0.0850. The molecule has 7 nitrogen and oxygen atoms in total. The Morgan fingerprint density at radius 1 is 1.42 bits per heavy atom. The van der Waals surface area contributed by atoms with E-state index in [0.29, 0.717) is 23.9 Å². The summed E-state index contributed by atoms with van der Waals surface area (Å²) in [5.74, 6) is 1.91. The number of hydrogen-bond donors (Lipinski definition) is 1. The van der Waals surface area contributed by atoms with Crippen molar-refractivity contribution >= 4 is 5.91 Å². The molecule has 1 aliphatic heterocycles. The number of ether oxygens (including phenoxy) is 1. The van der Waals surface area contributed by atoms with E-state index < -0.39 is 0 Å². The van der Waals surface area contributed by atoms with E-state index in [0.717, 1.165) is 31.9 Å². The average Bonchev–Trinajstić information content (AvgIpc) is 3.22. The third kappa shape index (κ3) is 3.91. The van der Waals surface area contributed by atoms with Crippen LogP contribution >= 0.6 is 0 Å². The second kappa shape index (κ2) is 7.44. The van der Waals surface area contributed by atoms with Crippen LogP contribution in [0.5, 0.6) is 5.88 Å². The van der Waals surface area contributed by atoms with Gasteiger partial charge in [0.15, 0.2) is 0 Å². The van der Waals surface area contributed by atoms with Gasteiger partial charge in [0.25, 0.3) is 5.91 Å². The fourth-order valence-corrected chi connectivity index (χ4v) is 2.97. The number of carbonyl (C=O) groups excluding carboxylic acids is 1. The van der Waals surface area contributed by atoms with Gasteiger partial charge in [0.2, 0.25) is 5.88 Å². The molecule has 1 atom stereocenters. The maximum atomic E-state index is 12.2. The summed E-state index contributed by atoms with van der Waals surface area (Å²) in [6.07, 6.45) is 6.46. The van der Waals surface area contributed by atoms with Crippen molar-refractivity contribution in [2.24, 2.45) is 13.0 Å². The minimum Gasteiger partial charge on any atom is -0.481 e. The zero-order chi connectivity index (χ0) is 16.9. The Morgan fingerprint density at radius 3 is 3.04 bits per heavy atom. The molecule has 0 spiro atoms. The lowest BCUT2D eigenvalue weighted by molar-refractivity contribution is 0.0946. The summed E-state index contributed by atoms with van der Waals surface area (Å²) in [6.45, 7) is 3.55. The highest BCUT2D eigenvalue weighted by Gasteiger charge is 2.24. The molecule has 0 saturated carbocycles. The number of carbonyl (C=O) groups is 1. The maximum absolute atomic E-state index is 12.2. The van der Waals surface area contributed by atoms with Crippen molar-refractivity contribution in [3.63, 3.8) is 0 Å². The first-order valence-electron chi connectivity index (χ1n) is 8.12. The highest BCUT2D eigenvalue weighted by molar-refractivity contribution is 5.94. The lowest BCUT2D eigenvalue weighted by atomic mass is 10.1. The SMILES string of the molecule is COc1cc(C(=O)NC[C@H]2CCN(Cc3nccn3C)C2)ccn1. The Morgan fingerprint density at radius 2 is 2.29 bits per heavy atom. The molecule has 1 amide bonds. The van der Waals surface area contributed by atoms with Crippen LogP contribution in [0.3, 0.4) is 0 Å². The van der Waals surface area contributed by atoms with E-state index in [4.69, 9.17) is 4.74 Å². The number of pyridine rings is 1. The third-order valence-electron chi connectivity index (χ3n) is 4.41. The monoisotopic (exact) mass is 329 g/mol. The van der Waals surface area contributed by atoms with Gasteiger partial charge in [0.05, 0.1) is 13.7 Å². The van der Waals surface area contributed by atoms with Crippen LogP contribution in [0.1, 0.15) is 22.6 Å². The number of hydrogen-bond acceptors (Lipinski definition) is 5. The second-order valence-corrected chi connectivity index (χ2v) is 6.14. The molecule has 7 heteroatoms. The van der Waals surface area contributed by atoms with Gasteiger partial charge >= 0.3 is 0 Å². The van der Waals surface area contributed by atoms with Gasteiger partial charge in [0, 0.05) is 50.4 Å². The molecule has 1 fully saturated rings. The molecule has 1 saturated heterocycles. The Kier molecular flexibility index (Phi) is 5.10. The Hall–Kier alpha value is -2.41. The van der Waals surface area contributed by atoms with Crippen LogP contribution in [-0.2, 0) is 13.6 Å². The van der Waals surface area contributed by atoms with Crippen molar-refractivity contribution in [3.05, 3.63) is 42.1 Å². The zero-order valence-corrected chi connectivity index (χ0v) is 14.1. The first-order chi connectivity index (χ1) is 11.7. The lowest BCUT2D eigenvalue weighted by Gasteiger charge is -2.16. The van der Waals surface area contributed by atoms with Gasteiger partial charge in [-0.25, -0.2) is 9.97 Å². The summed E-state index contributed by atoms with van der Waals surface area (Å²) < 4.78 is 7.10. The molecule has 1 aliphatic rings. The predicted molar refractivity (Wildman–Crippen MR) is 89.7 cm³/mol. The summed E-state index contributed by atoms with van der Waals surface area (Å²) in [5.41, 5.74) is 0.574. The number of amides is 1. The molecular weight excluding hydrogens is 306 g/mol. The van der Waals surface area contributed by atoms with Gasteiger partial charge in [-0.05, 0) is 24.9 Å². The van der Waals surface area contributed by atoms with Gasteiger partial charge in [-0.15, -0.1) is 0 Å². The number of rotatable bonds is 6. The third-order valence-corrected chi connectivity index (χ3v) is 4.41. The van der Waals surface area contributed by atoms with Crippen LogP contribution in [0, 0.1) is 5.92 Å². The van der Waals surface area contributed by atoms with Crippen molar-refractivity contribution in [2.75, 3.05) is 26.7 Å². The fourth-order valence-electron chi connectivity index (χ4n) is 2.97. The fraction of sp³-hybridized carbons (Fsp3) is 0.471. The van der Waals surface area contributed by atoms with Crippen LogP contribution in [0.2, 0.25) is 0 Å². The number of nitrogens with one attached hydrogen (secondary N) is 1. The van der Waals surface area contributed by atoms with Crippen LogP contribution in [0.25, 0.3) is 0 Å². The molecule has 0 unspecified atom stereocenters. The van der Waals surface area contributed by atoms with Gasteiger partial charge in [0.1, 0.15) is 5.82 Å². The molecule has 0 radical (unpaired) electrons. The highest BCUT2D eigenvalue weighted by atomic mass is 16.5. The van der Waals surface area contributed by atoms with Gasteiger partial charge in [-0.1, -0.05) is 0 Å². The molecule has 24 heavy (non-hydrogen) atoms. The van der Waals surface area contributed by atoms with E-state index in [2.05, 4.69) is 20.2 Å². The Bertz CT molecular complexity index is 700. The van der Waals surface area contributed by atoms with Crippen molar-refractivity contribution in [3.8, 4) is 5.88 Å². The van der Waals surface area contributed by atoms with Crippen LogP contribution in [0.4, 0.5) is 0 Å². The summed E-state index contributed by atoms with van der Waals surface area (Å²) in [6, 6.07) is 3.34. The maximum Gasteiger partial charge on any atom is 0.251 e. The molecular formula is C17H23N5O2. The van der Waals surface area contributed by atoms with Gasteiger partial charge < -0.3 is 14.6 Å². The predicted octanol–water partition coefficient (Wildman–Crippen LogP) is 1.08. The molecule has 0 aliphatic carbocycles. The molecule has 0 bridgehead atoms. The normalized spacial score (nSPS) is 17.8. The molecule has 0 aromatic carbocycles. The van der Waals surface area contributed by atoms with E-state index in [1.165, 1.54) is 0 Å². The topological polar surface area (TPSA) is 72.3 Å². The quantitative estimate of drug-likeness (QED) is 0.858. The standard InChI is InChI=1S/C17H23N5O2/c1-21-8-6-18-15(21)12-22-7-4-13(11-22)10-20-17(23)14-3-5-19-16(9-14)24-2/h3,5-6,8-9,13H,4,7,10-12H2,1-2H3,(H,20,23)/t13-/m1/s1. The number of imidazole rings is 1. The molecule has 3 heterocycles. The molecule has 1 N–H and O–H groups in total. The molecule has 2 aromatic rings. The number of aromatic nitrogens is 3. The first kappa shape index (κ1) is 16.4.